The molecule has 2 heteroatoms. The molecule has 0 fully saturated rings. The van der Waals surface area contributed by atoms with Gasteiger partial charge in [0.2, 0.25) is 0 Å². The molecule has 1 aromatic heterocycles. The minimum Gasteiger partial charge on any atom is -0.337 e. The molecule has 136 valence electrons. The molecule has 0 amide bonds. The lowest BCUT2D eigenvalue weighted by molar-refractivity contribution is 0.639. The van der Waals surface area contributed by atoms with Gasteiger partial charge >= 0.3 is 0 Å². The zero-order valence-corrected chi connectivity index (χ0v) is 16.4. The van der Waals surface area contributed by atoms with Gasteiger partial charge in [0.05, 0.1) is 11.0 Å². The van der Waals surface area contributed by atoms with E-state index in [9.17, 15) is 4.79 Å². The summed E-state index contributed by atoms with van der Waals surface area (Å²) in [7, 11) is 0. The van der Waals surface area contributed by atoms with Crippen LogP contribution in [-0.2, 0) is 0 Å². The molecule has 3 aromatic carbocycles. The molecule has 0 spiro atoms. The van der Waals surface area contributed by atoms with Crippen LogP contribution in [0.15, 0.2) is 71.5 Å². The molecule has 0 aliphatic rings. The third kappa shape index (κ3) is 2.76. The lowest BCUT2D eigenvalue weighted by Gasteiger charge is -2.24. The molecule has 0 aliphatic heterocycles. The molecule has 4 rings (SSSR count). The maximum atomic E-state index is 13.3. The van der Waals surface area contributed by atoms with Gasteiger partial charge in [-0.05, 0) is 49.1 Å². The molecular weight excluding hydrogens is 330 g/mol. The summed E-state index contributed by atoms with van der Waals surface area (Å²) in [6.07, 6.45) is 0. The maximum Gasteiger partial charge on any atom is 0.197 e. The molecule has 0 saturated carbocycles. The first-order valence-corrected chi connectivity index (χ1v) is 9.66. The molecule has 0 radical (unpaired) electrons. The van der Waals surface area contributed by atoms with E-state index in [1.165, 1.54) is 11.1 Å². The summed E-state index contributed by atoms with van der Waals surface area (Å²) in [6.45, 7) is 8.80. The molecule has 0 aliphatic carbocycles. The second kappa shape index (κ2) is 6.70. The molecule has 0 saturated heterocycles. The van der Waals surface area contributed by atoms with E-state index < -0.39 is 0 Å². The third-order valence-electron chi connectivity index (χ3n) is 5.30. The van der Waals surface area contributed by atoms with Crippen LogP contribution in [-0.4, -0.2) is 4.57 Å². The zero-order chi connectivity index (χ0) is 19.1. The van der Waals surface area contributed by atoms with Gasteiger partial charge in [-0.1, -0.05) is 62.4 Å². The molecule has 0 atom stereocenters. The number of para-hydroxylation sites is 1. The fraction of sp³-hybridized carbons (Fsp3) is 0.240. The summed E-state index contributed by atoms with van der Waals surface area (Å²) in [4.78, 5) is 13.3. The van der Waals surface area contributed by atoms with Gasteiger partial charge in [0.25, 0.3) is 0 Å². The Balaban J connectivity index is 2.33. The van der Waals surface area contributed by atoms with Gasteiger partial charge in [0, 0.05) is 22.4 Å². The Hall–Kier alpha value is -2.87. The molecule has 4 aromatic rings. The van der Waals surface area contributed by atoms with E-state index in [0.29, 0.717) is 5.92 Å². The minimum atomic E-state index is 0.116. The normalized spacial score (nSPS) is 11.8. The van der Waals surface area contributed by atoms with Crippen molar-refractivity contribution in [2.45, 2.75) is 39.7 Å². The van der Waals surface area contributed by atoms with E-state index in [-0.39, 0.29) is 11.5 Å². The van der Waals surface area contributed by atoms with Gasteiger partial charge in [-0.3, -0.25) is 4.79 Å². The Kier molecular flexibility index (Phi) is 4.35. The molecule has 27 heavy (non-hydrogen) atoms. The van der Waals surface area contributed by atoms with E-state index in [0.717, 1.165) is 27.4 Å². The van der Waals surface area contributed by atoms with Crippen molar-refractivity contribution < 1.29 is 0 Å². The van der Waals surface area contributed by atoms with Gasteiger partial charge in [0.15, 0.2) is 5.43 Å². The van der Waals surface area contributed by atoms with Gasteiger partial charge in [0.1, 0.15) is 0 Å². The minimum absolute atomic E-state index is 0.116. The van der Waals surface area contributed by atoms with E-state index in [2.05, 4.69) is 68.7 Å². The predicted molar refractivity (Wildman–Crippen MR) is 116 cm³/mol. The molecule has 0 bridgehead atoms. The van der Waals surface area contributed by atoms with Crippen LogP contribution in [0.5, 0.6) is 0 Å². The monoisotopic (exact) mass is 355 g/mol. The first kappa shape index (κ1) is 17.5. The van der Waals surface area contributed by atoms with Crippen LogP contribution in [0, 0.1) is 0 Å². The van der Waals surface area contributed by atoms with Gasteiger partial charge < -0.3 is 4.57 Å². The quantitative estimate of drug-likeness (QED) is 0.383. The van der Waals surface area contributed by atoms with Crippen LogP contribution in [0.4, 0.5) is 0 Å². The molecule has 0 unspecified atom stereocenters. The van der Waals surface area contributed by atoms with Gasteiger partial charge in [-0.25, -0.2) is 0 Å². The standard InChI is InChI=1S/C25H25NO/c1-16(2)19-14-15-21-24(23(19)18-10-6-5-7-11-18)26(17(3)4)22-13-9-8-12-20(22)25(21)27/h5-17H,1-4H3. The fourth-order valence-electron chi connectivity index (χ4n) is 4.11. The number of aromatic nitrogens is 1. The highest BCUT2D eigenvalue weighted by atomic mass is 16.1. The summed E-state index contributed by atoms with van der Waals surface area (Å²) >= 11 is 0. The molecule has 0 N–H and O–H groups in total. The van der Waals surface area contributed by atoms with Crippen LogP contribution < -0.4 is 5.43 Å². The van der Waals surface area contributed by atoms with E-state index in [1.54, 1.807) is 0 Å². The van der Waals surface area contributed by atoms with Crippen LogP contribution in [0.3, 0.4) is 0 Å². The summed E-state index contributed by atoms with van der Waals surface area (Å²) in [5.41, 5.74) is 5.78. The van der Waals surface area contributed by atoms with Crippen LogP contribution in [0.25, 0.3) is 32.9 Å². The Morgan fingerprint density at radius 1 is 0.741 bits per heavy atom. The van der Waals surface area contributed by atoms with Crippen molar-refractivity contribution in [3.63, 3.8) is 0 Å². The fourth-order valence-corrected chi connectivity index (χ4v) is 4.11. The highest BCUT2D eigenvalue weighted by molar-refractivity contribution is 6.02. The van der Waals surface area contributed by atoms with Crippen LogP contribution in [0.1, 0.15) is 45.2 Å². The Bertz CT molecular complexity index is 1180. The van der Waals surface area contributed by atoms with Crippen LogP contribution >= 0.6 is 0 Å². The average Bonchev–Trinajstić information content (AvgIpc) is 2.67. The van der Waals surface area contributed by atoms with E-state index in [1.807, 2.05) is 30.3 Å². The molecule has 1 heterocycles. The highest BCUT2D eigenvalue weighted by Crippen LogP contribution is 2.37. The predicted octanol–water partition coefficient (Wildman–Crippen LogP) is 6.53. The van der Waals surface area contributed by atoms with E-state index in [4.69, 9.17) is 0 Å². The topological polar surface area (TPSA) is 22.0 Å². The Morgan fingerprint density at radius 3 is 2.07 bits per heavy atom. The smallest absolute Gasteiger partial charge is 0.197 e. The van der Waals surface area contributed by atoms with Crippen molar-refractivity contribution in [3.8, 4) is 11.1 Å². The van der Waals surface area contributed by atoms with Gasteiger partial charge in [-0.15, -0.1) is 0 Å². The van der Waals surface area contributed by atoms with Crippen molar-refractivity contribution in [3.05, 3.63) is 82.5 Å². The van der Waals surface area contributed by atoms with Gasteiger partial charge in [-0.2, -0.15) is 0 Å². The molecular formula is C25H25NO. The summed E-state index contributed by atoms with van der Waals surface area (Å²) in [5.74, 6) is 0.367. The second-order valence-electron chi connectivity index (χ2n) is 7.76. The number of rotatable bonds is 3. The number of fused-ring (bicyclic) bond motifs is 2. The highest BCUT2D eigenvalue weighted by Gasteiger charge is 2.20. The molecule has 2 nitrogen and oxygen atoms in total. The summed E-state index contributed by atoms with van der Waals surface area (Å²) in [5, 5.41) is 1.58. The Morgan fingerprint density at radius 2 is 1.41 bits per heavy atom. The first-order chi connectivity index (χ1) is 13.0. The number of benzene rings is 3. The maximum absolute atomic E-state index is 13.3. The van der Waals surface area contributed by atoms with Crippen LogP contribution in [0.2, 0.25) is 0 Å². The summed E-state index contributed by atoms with van der Waals surface area (Å²) < 4.78 is 2.33. The van der Waals surface area contributed by atoms with Crippen molar-refractivity contribution in [2.24, 2.45) is 0 Å². The van der Waals surface area contributed by atoms with Crippen molar-refractivity contribution in [2.75, 3.05) is 0 Å². The summed E-state index contributed by atoms with van der Waals surface area (Å²) in [6, 6.07) is 22.8. The first-order valence-electron chi connectivity index (χ1n) is 9.66. The number of hydrogen-bond donors (Lipinski definition) is 0. The second-order valence-corrected chi connectivity index (χ2v) is 7.76. The van der Waals surface area contributed by atoms with Crippen molar-refractivity contribution >= 4 is 21.8 Å². The van der Waals surface area contributed by atoms with Crippen molar-refractivity contribution in [1.29, 1.82) is 0 Å². The lowest BCUT2D eigenvalue weighted by atomic mass is 9.89. The van der Waals surface area contributed by atoms with E-state index >= 15 is 0 Å². The van der Waals surface area contributed by atoms with Crippen molar-refractivity contribution in [1.82, 2.24) is 4.57 Å². The lowest BCUT2D eigenvalue weighted by Crippen LogP contribution is -2.15. The largest absolute Gasteiger partial charge is 0.337 e. The number of hydrogen-bond acceptors (Lipinski definition) is 1. The zero-order valence-electron chi connectivity index (χ0n) is 16.4. The average molecular weight is 355 g/mol. The number of pyridine rings is 1. The number of nitrogens with zero attached hydrogens (tertiary/aromatic N) is 1. The Labute approximate surface area is 160 Å². The SMILES string of the molecule is CC(C)c1ccc2c(=O)c3ccccc3n(C(C)C)c2c1-c1ccccc1. The third-order valence-corrected chi connectivity index (χ3v) is 5.30.